The molecule has 0 radical (unpaired) electrons. The summed E-state index contributed by atoms with van der Waals surface area (Å²) in [5.74, 6) is -0.634. The van der Waals surface area contributed by atoms with Gasteiger partial charge in [-0.05, 0) is 50.2 Å². The standard InChI is InChI=1S/C17H10Cl2N2O2S.C9H7Cl2NOS/c1-8(12-6-9-7-13(18)24-15(9)20-14(12)19)21-16(22)10-4-2-3-5-11(10)17(21)23;1-4(13)6-2-5-3-7(10)14-9(5)12-8(6)11/h2-8H,1H3;2-4,13H,1H3/t8-;4-/m01/s1. The first-order valence-corrected chi connectivity index (χ1v) is 14.4. The van der Waals surface area contributed by atoms with Gasteiger partial charge < -0.3 is 5.11 Å². The van der Waals surface area contributed by atoms with Crippen LogP contribution in [0.3, 0.4) is 0 Å². The number of hydrogen-bond donors (Lipinski definition) is 1. The molecule has 6 nitrogen and oxygen atoms in total. The second-order valence-corrected chi connectivity index (χ2v) is 12.5. The molecule has 0 fully saturated rings. The van der Waals surface area contributed by atoms with E-state index in [1.54, 1.807) is 44.2 Å². The van der Waals surface area contributed by atoms with Gasteiger partial charge in [0.15, 0.2) is 0 Å². The fourth-order valence-electron chi connectivity index (χ4n) is 4.16. The predicted molar refractivity (Wildman–Crippen MR) is 155 cm³/mol. The van der Waals surface area contributed by atoms with Gasteiger partial charge in [-0.25, -0.2) is 9.97 Å². The zero-order valence-corrected chi connectivity index (χ0v) is 24.4. The fraction of sp³-hybridized carbons (Fsp3) is 0.154. The van der Waals surface area contributed by atoms with Gasteiger partial charge >= 0.3 is 0 Å². The van der Waals surface area contributed by atoms with Crippen molar-refractivity contribution in [2.24, 2.45) is 0 Å². The second kappa shape index (κ2) is 10.7. The van der Waals surface area contributed by atoms with Crippen LogP contribution in [0, 0.1) is 0 Å². The van der Waals surface area contributed by atoms with Crippen molar-refractivity contribution in [2.75, 3.05) is 0 Å². The summed E-state index contributed by atoms with van der Waals surface area (Å²) in [5.41, 5.74) is 2.08. The Labute approximate surface area is 245 Å². The Bertz CT molecular complexity index is 1700. The number of carbonyl (C=O) groups is 2. The summed E-state index contributed by atoms with van der Waals surface area (Å²) in [4.78, 5) is 36.5. The molecule has 0 saturated carbocycles. The number of benzene rings is 1. The van der Waals surface area contributed by atoms with E-state index in [0.717, 1.165) is 20.4 Å². The van der Waals surface area contributed by atoms with Crippen molar-refractivity contribution >= 4 is 101 Å². The quantitative estimate of drug-likeness (QED) is 0.160. The fourth-order valence-corrected chi connectivity index (χ4v) is 7.01. The number of amides is 2. The largest absolute Gasteiger partial charge is 0.389 e. The monoisotopic (exact) mass is 623 g/mol. The molecule has 1 aliphatic heterocycles. The summed E-state index contributed by atoms with van der Waals surface area (Å²) in [7, 11) is 0. The van der Waals surface area contributed by atoms with E-state index in [9.17, 15) is 14.7 Å². The molecule has 0 spiro atoms. The van der Waals surface area contributed by atoms with E-state index in [4.69, 9.17) is 46.4 Å². The van der Waals surface area contributed by atoms with Gasteiger partial charge in [0, 0.05) is 21.9 Å². The highest BCUT2D eigenvalue weighted by atomic mass is 35.5. The van der Waals surface area contributed by atoms with E-state index < -0.39 is 12.1 Å². The zero-order valence-electron chi connectivity index (χ0n) is 19.7. The lowest BCUT2D eigenvalue weighted by Crippen LogP contribution is -2.32. The first kappa shape index (κ1) is 27.3. The van der Waals surface area contributed by atoms with Crippen molar-refractivity contribution in [3.63, 3.8) is 0 Å². The van der Waals surface area contributed by atoms with E-state index in [2.05, 4.69) is 9.97 Å². The zero-order chi connectivity index (χ0) is 27.3. The van der Waals surface area contributed by atoms with E-state index in [1.165, 1.54) is 27.6 Å². The minimum atomic E-state index is -0.613. The molecule has 1 aliphatic rings. The van der Waals surface area contributed by atoms with Crippen LogP contribution in [0.15, 0.2) is 48.5 Å². The highest BCUT2D eigenvalue weighted by Gasteiger charge is 2.39. The number of pyridine rings is 2. The molecule has 4 aromatic heterocycles. The smallest absolute Gasteiger partial charge is 0.262 e. The van der Waals surface area contributed by atoms with Crippen molar-refractivity contribution in [1.29, 1.82) is 0 Å². The third-order valence-electron chi connectivity index (χ3n) is 6.03. The molecular weight excluding hydrogens is 608 g/mol. The molecular formula is C26H17Cl4N3O3S2. The summed E-state index contributed by atoms with van der Waals surface area (Å²) >= 11 is 26.8. The van der Waals surface area contributed by atoms with Crippen molar-refractivity contribution in [3.05, 3.63) is 89.8 Å². The Morgan fingerprint density at radius 3 is 1.68 bits per heavy atom. The Morgan fingerprint density at radius 2 is 1.21 bits per heavy atom. The maximum atomic E-state index is 12.6. The van der Waals surface area contributed by atoms with Crippen LogP contribution in [0.25, 0.3) is 20.4 Å². The lowest BCUT2D eigenvalue weighted by molar-refractivity contribution is 0.0595. The first-order chi connectivity index (χ1) is 18.0. The number of imide groups is 1. The number of halogens is 4. The Hall–Kier alpha value is -2.30. The molecule has 2 amide bonds. The lowest BCUT2D eigenvalue weighted by atomic mass is 10.1. The molecule has 194 valence electrons. The van der Waals surface area contributed by atoms with Gasteiger partial charge in [0.1, 0.15) is 20.0 Å². The van der Waals surface area contributed by atoms with Gasteiger partial charge in [-0.1, -0.05) is 58.5 Å². The first-order valence-electron chi connectivity index (χ1n) is 11.2. The van der Waals surface area contributed by atoms with Gasteiger partial charge in [0.25, 0.3) is 11.8 Å². The summed E-state index contributed by atoms with van der Waals surface area (Å²) in [6.45, 7) is 3.42. The molecule has 0 unspecified atom stereocenters. The SMILES string of the molecule is C[C@@H](O)c1cc2cc(Cl)sc2nc1Cl.C[C@@H](c1cc2cc(Cl)sc2nc1Cl)N1C(=O)c2ccccc2C1=O. The minimum Gasteiger partial charge on any atom is -0.389 e. The van der Waals surface area contributed by atoms with Gasteiger partial charge in [0.05, 0.1) is 31.9 Å². The number of carbonyl (C=O) groups excluding carboxylic acids is 2. The molecule has 1 N–H and O–H groups in total. The highest BCUT2D eigenvalue weighted by molar-refractivity contribution is 7.22. The van der Waals surface area contributed by atoms with E-state index in [-0.39, 0.29) is 17.0 Å². The number of aromatic nitrogens is 2. The number of thiophene rings is 2. The van der Waals surface area contributed by atoms with Crippen LogP contribution in [0.1, 0.15) is 57.8 Å². The minimum absolute atomic E-state index is 0.269. The van der Waals surface area contributed by atoms with Gasteiger partial charge in [-0.2, -0.15) is 0 Å². The molecule has 0 saturated heterocycles. The molecule has 5 aromatic rings. The molecule has 5 heterocycles. The van der Waals surface area contributed by atoms with E-state index in [1.807, 2.05) is 18.2 Å². The molecule has 12 heteroatoms. The summed E-state index contributed by atoms with van der Waals surface area (Å²) in [6, 6.07) is 13.5. The highest BCUT2D eigenvalue weighted by Crippen LogP contribution is 2.37. The average molecular weight is 625 g/mol. The van der Waals surface area contributed by atoms with Crippen LogP contribution in [0.5, 0.6) is 0 Å². The Balaban J connectivity index is 0.000000179. The van der Waals surface area contributed by atoms with Crippen LogP contribution < -0.4 is 0 Å². The third kappa shape index (κ3) is 5.02. The second-order valence-electron chi connectivity index (χ2n) is 8.50. The number of fused-ring (bicyclic) bond motifs is 3. The van der Waals surface area contributed by atoms with Crippen LogP contribution in [0.2, 0.25) is 19.0 Å². The molecule has 1 aromatic carbocycles. The Morgan fingerprint density at radius 1 is 0.763 bits per heavy atom. The van der Waals surface area contributed by atoms with Crippen LogP contribution in [-0.4, -0.2) is 31.8 Å². The van der Waals surface area contributed by atoms with Gasteiger partial charge in [-0.3, -0.25) is 14.5 Å². The van der Waals surface area contributed by atoms with E-state index in [0.29, 0.717) is 36.1 Å². The Kier molecular flexibility index (Phi) is 7.68. The molecule has 0 bridgehead atoms. The average Bonchev–Trinajstić information content (AvgIpc) is 3.49. The number of aliphatic hydroxyl groups is 1. The number of hydrogen-bond acceptors (Lipinski definition) is 7. The summed E-state index contributed by atoms with van der Waals surface area (Å²) in [5, 5.41) is 11.8. The molecule has 2 atom stereocenters. The van der Waals surface area contributed by atoms with Gasteiger partial charge in [-0.15, -0.1) is 22.7 Å². The number of rotatable bonds is 3. The van der Waals surface area contributed by atoms with Crippen LogP contribution >= 0.6 is 69.1 Å². The summed E-state index contributed by atoms with van der Waals surface area (Å²) < 4.78 is 1.28. The van der Waals surface area contributed by atoms with E-state index >= 15 is 0 Å². The maximum absolute atomic E-state index is 12.6. The maximum Gasteiger partial charge on any atom is 0.262 e. The predicted octanol–water partition coefficient (Wildman–Crippen LogP) is 8.62. The van der Waals surface area contributed by atoms with Crippen molar-refractivity contribution in [2.45, 2.75) is 26.0 Å². The van der Waals surface area contributed by atoms with Crippen LogP contribution in [0.4, 0.5) is 0 Å². The third-order valence-corrected chi connectivity index (χ3v) is 8.98. The lowest BCUT2D eigenvalue weighted by Gasteiger charge is -2.23. The number of nitrogens with zero attached hydrogens (tertiary/aromatic N) is 3. The van der Waals surface area contributed by atoms with Crippen LogP contribution in [-0.2, 0) is 0 Å². The topological polar surface area (TPSA) is 83.4 Å². The molecule has 6 rings (SSSR count). The molecule has 38 heavy (non-hydrogen) atoms. The van der Waals surface area contributed by atoms with Crippen molar-refractivity contribution in [3.8, 4) is 0 Å². The summed E-state index contributed by atoms with van der Waals surface area (Å²) in [6.07, 6.45) is -0.613. The van der Waals surface area contributed by atoms with Crippen molar-refractivity contribution in [1.82, 2.24) is 14.9 Å². The normalized spacial score (nSPS) is 14.6. The number of aliphatic hydroxyl groups excluding tert-OH is 1. The molecule has 0 aliphatic carbocycles. The van der Waals surface area contributed by atoms with Gasteiger partial charge in [0.2, 0.25) is 0 Å². The van der Waals surface area contributed by atoms with Crippen molar-refractivity contribution < 1.29 is 14.7 Å².